The number of amides is 1. The summed E-state index contributed by atoms with van der Waals surface area (Å²) in [4.78, 5) is 12.0. The van der Waals surface area contributed by atoms with Crippen molar-refractivity contribution in [1.29, 1.82) is 0 Å². The Morgan fingerprint density at radius 2 is 2.14 bits per heavy atom. The number of carbonyl (C=O) groups is 1. The first-order chi connectivity index (χ1) is 10.3. The number of ether oxygens (including phenoxy) is 1. The molecule has 1 aromatic heterocycles. The summed E-state index contributed by atoms with van der Waals surface area (Å²) >= 11 is 5.82. The zero-order valence-corrected chi connectivity index (χ0v) is 12.7. The van der Waals surface area contributed by atoms with Crippen molar-refractivity contribution in [2.24, 2.45) is 0 Å². The molecule has 0 radical (unpaired) electrons. The van der Waals surface area contributed by atoms with Crippen LogP contribution in [0, 0.1) is 13.8 Å². The molecular formula is C14H14ClF2N3O2. The van der Waals surface area contributed by atoms with Crippen LogP contribution in [0.2, 0.25) is 5.02 Å². The van der Waals surface area contributed by atoms with Crippen LogP contribution in [0.1, 0.15) is 11.4 Å². The van der Waals surface area contributed by atoms with Crippen LogP contribution in [0.3, 0.4) is 0 Å². The molecule has 0 spiro atoms. The van der Waals surface area contributed by atoms with Crippen LogP contribution in [0.4, 0.5) is 14.5 Å². The molecule has 118 valence electrons. The molecule has 22 heavy (non-hydrogen) atoms. The highest BCUT2D eigenvalue weighted by Crippen LogP contribution is 2.28. The predicted octanol–water partition coefficient (Wildman–Crippen LogP) is 3.39. The van der Waals surface area contributed by atoms with E-state index >= 15 is 0 Å². The second-order valence-corrected chi connectivity index (χ2v) is 5.06. The zero-order chi connectivity index (χ0) is 16.3. The van der Waals surface area contributed by atoms with Gasteiger partial charge in [0.2, 0.25) is 5.91 Å². The second-order valence-electron chi connectivity index (χ2n) is 4.66. The van der Waals surface area contributed by atoms with E-state index in [1.54, 1.807) is 4.68 Å². The van der Waals surface area contributed by atoms with Crippen LogP contribution in [0.25, 0.3) is 0 Å². The van der Waals surface area contributed by atoms with Gasteiger partial charge >= 0.3 is 6.61 Å². The highest BCUT2D eigenvalue weighted by molar-refractivity contribution is 6.32. The molecule has 0 saturated carbocycles. The van der Waals surface area contributed by atoms with Crippen molar-refractivity contribution in [2.45, 2.75) is 27.0 Å². The molecule has 0 aliphatic rings. The standard InChI is InChI=1S/C14H14ClF2N3O2/c1-8-5-9(2)20(19-8)7-13(21)18-10-3-4-12(11(15)6-10)22-14(16)17/h3-6,14H,7H2,1-2H3,(H,18,21). The lowest BCUT2D eigenvalue weighted by Crippen LogP contribution is -2.20. The van der Waals surface area contributed by atoms with Gasteiger partial charge in [0.15, 0.2) is 0 Å². The molecule has 1 N–H and O–H groups in total. The minimum atomic E-state index is -2.95. The van der Waals surface area contributed by atoms with Crippen LogP contribution < -0.4 is 10.1 Å². The number of anilines is 1. The van der Waals surface area contributed by atoms with Crippen molar-refractivity contribution >= 4 is 23.2 Å². The van der Waals surface area contributed by atoms with Gasteiger partial charge in [-0.2, -0.15) is 13.9 Å². The molecule has 1 amide bonds. The summed E-state index contributed by atoms with van der Waals surface area (Å²) in [7, 11) is 0. The normalized spacial score (nSPS) is 10.8. The van der Waals surface area contributed by atoms with Crippen LogP contribution in [-0.4, -0.2) is 22.3 Å². The Balaban J connectivity index is 2.02. The zero-order valence-electron chi connectivity index (χ0n) is 11.9. The lowest BCUT2D eigenvalue weighted by molar-refractivity contribution is -0.116. The Bertz CT molecular complexity index is 689. The third-order valence-corrected chi connectivity index (χ3v) is 3.12. The molecule has 0 fully saturated rings. The summed E-state index contributed by atoms with van der Waals surface area (Å²) in [6, 6.07) is 5.91. The first kappa shape index (κ1) is 16.2. The van der Waals surface area contributed by atoms with Crippen LogP contribution >= 0.6 is 11.6 Å². The monoisotopic (exact) mass is 329 g/mol. The smallest absolute Gasteiger partial charge is 0.387 e. The summed E-state index contributed by atoms with van der Waals surface area (Å²) in [5, 5.41) is 6.79. The number of rotatable bonds is 5. The van der Waals surface area contributed by atoms with E-state index in [9.17, 15) is 13.6 Å². The van der Waals surface area contributed by atoms with Crippen molar-refractivity contribution in [1.82, 2.24) is 9.78 Å². The number of aromatic nitrogens is 2. The Labute approximate surface area is 130 Å². The van der Waals surface area contributed by atoms with Gasteiger partial charge in [-0.15, -0.1) is 0 Å². The van der Waals surface area contributed by atoms with Gasteiger partial charge < -0.3 is 10.1 Å². The molecule has 0 aliphatic carbocycles. The quantitative estimate of drug-likeness (QED) is 0.914. The Morgan fingerprint density at radius 1 is 1.41 bits per heavy atom. The molecular weight excluding hydrogens is 316 g/mol. The Morgan fingerprint density at radius 3 is 2.68 bits per heavy atom. The lowest BCUT2D eigenvalue weighted by Gasteiger charge is -2.10. The van der Waals surface area contributed by atoms with Gasteiger partial charge in [0.25, 0.3) is 0 Å². The van der Waals surface area contributed by atoms with E-state index in [1.165, 1.54) is 18.2 Å². The van der Waals surface area contributed by atoms with Crippen molar-refractivity contribution < 1.29 is 18.3 Å². The lowest BCUT2D eigenvalue weighted by atomic mass is 10.3. The fraction of sp³-hybridized carbons (Fsp3) is 0.286. The molecule has 0 saturated heterocycles. The van der Waals surface area contributed by atoms with Crippen LogP contribution in [0.15, 0.2) is 24.3 Å². The number of nitrogens with zero attached hydrogens (tertiary/aromatic N) is 2. The number of hydrogen-bond donors (Lipinski definition) is 1. The number of halogens is 3. The molecule has 2 rings (SSSR count). The molecule has 5 nitrogen and oxygen atoms in total. The van der Waals surface area contributed by atoms with E-state index in [2.05, 4.69) is 15.2 Å². The van der Waals surface area contributed by atoms with E-state index in [1.807, 2.05) is 19.9 Å². The molecule has 1 aromatic carbocycles. The number of benzene rings is 1. The Hall–Kier alpha value is -2.15. The number of aryl methyl sites for hydroxylation is 2. The fourth-order valence-corrected chi connectivity index (χ4v) is 2.17. The van der Waals surface area contributed by atoms with Gasteiger partial charge in [-0.05, 0) is 38.1 Å². The van der Waals surface area contributed by atoms with E-state index in [0.29, 0.717) is 5.69 Å². The van der Waals surface area contributed by atoms with E-state index in [-0.39, 0.29) is 23.2 Å². The maximum absolute atomic E-state index is 12.1. The minimum Gasteiger partial charge on any atom is -0.433 e. The van der Waals surface area contributed by atoms with Gasteiger partial charge in [0.05, 0.1) is 10.7 Å². The Kier molecular flexibility index (Phi) is 4.97. The molecule has 0 bridgehead atoms. The molecule has 1 heterocycles. The van der Waals surface area contributed by atoms with E-state index in [0.717, 1.165) is 11.4 Å². The number of hydrogen-bond acceptors (Lipinski definition) is 3. The summed E-state index contributed by atoms with van der Waals surface area (Å²) in [5.74, 6) is -0.446. The topological polar surface area (TPSA) is 56.2 Å². The van der Waals surface area contributed by atoms with Crippen molar-refractivity contribution in [2.75, 3.05) is 5.32 Å². The van der Waals surface area contributed by atoms with E-state index in [4.69, 9.17) is 11.6 Å². The summed E-state index contributed by atoms with van der Waals surface area (Å²) in [6.45, 7) is 0.778. The first-order valence-electron chi connectivity index (χ1n) is 6.40. The van der Waals surface area contributed by atoms with Gasteiger partial charge in [-0.25, -0.2) is 0 Å². The van der Waals surface area contributed by atoms with Crippen molar-refractivity contribution in [3.63, 3.8) is 0 Å². The molecule has 0 atom stereocenters. The van der Waals surface area contributed by atoms with Gasteiger partial charge in [0, 0.05) is 11.4 Å². The number of nitrogens with one attached hydrogen (secondary N) is 1. The van der Waals surface area contributed by atoms with Crippen molar-refractivity contribution in [3.05, 3.63) is 40.7 Å². The number of carbonyl (C=O) groups excluding carboxylic acids is 1. The van der Waals surface area contributed by atoms with Crippen molar-refractivity contribution in [3.8, 4) is 5.75 Å². The van der Waals surface area contributed by atoms with Gasteiger partial charge in [-0.1, -0.05) is 11.6 Å². The maximum atomic E-state index is 12.1. The van der Waals surface area contributed by atoms with Gasteiger partial charge in [0.1, 0.15) is 12.3 Å². The summed E-state index contributed by atoms with van der Waals surface area (Å²) in [6.07, 6.45) is 0. The summed E-state index contributed by atoms with van der Waals surface area (Å²) in [5.41, 5.74) is 2.08. The first-order valence-corrected chi connectivity index (χ1v) is 6.78. The molecule has 8 heteroatoms. The average Bonchev–Trinajstić information content (AvgIpc) is 2.70. The third kappa shape index (κ3) is 4.17. The summed E-state index contributed by atoms with van der Waals surface area (Å²) < 4.78 is 30.1. The van der Waals surface area contributed by atoms with Crippen LogP contribution in [0.5, 0.6) is 5.75 Å². The maximum Gasteiger partial charge on any atom is 0.387 e. The minimum absolute atomic E-state index is 0.00999. The highest BCUT2D eigenvalue weighted by atomic mass is 35.5. The molecule has 0 unspecified atom stereocenters. The molecule has 0 aliphatic heterocycles. The van der Waals surface area contributed by atoms with Crippen LogP contribution in [-0.2, 0) is 11.3 Å². The average molecular weight is 330 g/mol. The van der Waals surface area contributed by atoms with E-state index < -0.39 is 6.61 Å². The fourth-order valence-electron chi connectivity index (χ4n) is 1.94. The largest absolute Gasteiger partial charge is 0.433 e. The second kappa shape index (κ2) is 6.74. The molecule has 2 aromatic rings. The predicted molar refractivity (Wildman–Crippen MR) is 78.4 cm³/mol. The highest BCUT2D eigenvalue weighted by Gasteiger charge is 2.11. The third-order valence-electron chi connectivity index (χ3n) is 2.83. The SMILES string of the molecule is Cc1cc(C)n(CC(=O)Nc2ccc(OC(F)F)c(Cl)c2)n1. The number of alkyl halides is 2. The van der Waals surface area contributed by atoms with Gasteiger partial charge in [-0.3, -0.25) is 9.48 Å².